The zero-order chi connectivity index (χ0) is 22.1. The van der Waals surface area contributed by atoms with E-state index in [4.69, 9.17) is 18.9 Å². The summed E-state index contributed by atoms with van der Waals surface area (Å²) >= 11 is 0. The van der Waals surface area contributed by atoms with Gasteiger partial charge in [-0.15, -0.1) is 0 Å². The van der Waals surface area contributed by atoms with E-state index in [1.54, 1.807) is 0 Å². The van der Waals surface area contributed by atoms with Gasteiger partial charge in [-0.2, -0.15) is 0 Å². The van der Waals surface area contributed by atoms with Crippen LogP contribution in [-0.2, 0) is 0 Å². The van der Waals surface area contributed by atoms with Crippen LogP contribution in [0.1, 0.15) is 27.7 Å². The summed E-state index contributed by atoms with van der Waals surface area (Å²) in [5, 5.41) is 3.26. The van der Waals surface area contributed by atoms with Crippen LogP contribution in [0.15, 0.2) is 66.7 Å². The van der Waals surface area contributed by atoms with E-state index in [9.17, 15) is 0 Å². The molecule has 31 heavy (non-hydrogen) atoms. The van der Waals surface area contributed by atoms with E-state index in [0.29, 0.717) is 26.4 Å². The van der Waals surface area contributed by atoms with Gasteiger partial charge in [-0.1, -0.05) is 42.5 Å². The van der Waals surface area contributed by atoms with Crippen LogP contribution < -0.4 is 34.9 Å². The van der Waals surface area contributed by atoms with Gasteiger partial charge >= 0.3 is 0 Å². The summed E-state index contributed by atoms with van der Waals surface area (Å²) in [6, 6.07) is 22.5. The van der Waals surface area contributed by atoms with Gasteiger partial charge in [-0.25, -0.2) is 0 Å². The summed E-state index contributed by atoms with van der Waals surface area (Å²) in [6.45, 7) is 10.3. The molecule has 0 aliphatic heterocycles. The first-order chi connectivity index (χ1) is 15.2. The monoisotopic (exact) mass is 438 g/mol. The molecule has 3 aromatic rings. The molecule has 0 aromatic heterocycles. The van der Waals surface area contributed by atoms with Crippen LogP contribution in [0.2, 0.25) is 0 Å². The van der Waals surface area contributed by atoms with Gasteiger partial charge in [0.15, 0.2) is 0 Å². The average molecular weight is 439 g/mol. The van der Waals surface area contributed by atoms with Crippen LogP contribution >= 0.6 is 7.92 Å². The van der Waals surface area contributed by atoms with E-state index < -0.39 is 7.92 Å². The molecule has 3 aromatic carbocycles. The maximum Gasteiger partial charge on any atom is 0.131 e. The minimum absolute atomic E-state index is 0.575. The fourth-order valence-corrected chi connectivity index (χ4v) is 6.13. The van der Waals surface area contributed by atoms with Gasteiger partial charge in [0, 0.05) is 7.92 Å². The Morgan fingerprint density at radius 2 is 0.839 bits per heavy atom. The Hall–Kier alpha value is -2.71. The molecular weight excluding hydrogens is 407 g/mol. The van der Waals surface area contributed by atoms with Crippen molar-refractivity contribution >= 4 is 23.8 Å². The molecule has 0 fully saturated rings. The van der Waals surface area contributed by atoms with Crippen molar-refractivity contribution in [3.05, 3.63) is 66.7 Å². The third-order valence-corrected chi connectivity index (χ3v) is 7.18. The van der Waals surface area contributed by atoms with E-state index >= 15 is 0 Å². The van der Waals surface area contributed by atoms with Crippen LogP contribution in [0.4, 0.5) is 0 Å². The van der Waals surface area contributed by atoms with Gasteiger partial charge in [-0.3, -0.25) is 0 Å². The minimum Gasteiger partial charge on any atom is -0.493 e. The molecule has 4 nitrogen and oxygen atoms in total. The van der Waals surface area contributed by atoms with Gasteiger partial charge in [0.1, 0.15) is 23.0 Å². The van der Waals surface area contributed by atoms with Crippen molar-refractivity contribution in [3.63, 3.8) is 0 Å². The molecule has 0 bridgehead atoms. The highest BCUT2D eigenvalue weighted by Crippen LogP contribution is 2.45. The van der Waals surface area contributed by atoms with E-state index in [2.05, 4.69) is 24.3 Å². The molecule has 3 rings (SSSR count). The third kappa shape index (κ3) is 5.32. The molecular formula is C26H31O4P. The van der Waals surface area contributed by atoms with E-state index in [0.717, 1.165) is 33.6 Å². The molecule has 0 amide bonds. The smallest absolute Gasteiger partial charge is 0.131 e. The van der Waals surface area contributed by atoms with Crippen molar-refractivity contribution in [3.8, 4) is 23.0 Å². The number of benzene rings is 3. The van der Waals surface area contributed by atoms with E-state index in [1.807, 2.05) is 70.2 Å². The van der Waals surface area contributed by atoms with Crippen molar-refractivity contribution in [1.29, 1.82) is 0 Å². The fraction of sp³-hybridized carbons (Fsp3) is 0.308. The molecule has 0 saturated carbocycles. The normalized spacial score (nSPS) is 10.7. The summed E-state index contributed by atoms with van der Waals surface area (Å²) in [4.78, 5) is 0. The average Bonchev–Trinajstić information content (AvgIpc) is 2.78. The fourth-order valence-electron chi connectivity index (χ4n) is 3.48. The summed E-state index contributed by atoms with van der Waals surface area (Å²) < 4.78 is 24.4. The zero-order valence-corrected chi connectivity index (χ0v) is 19.7. The summed E-state index contributed by atoms with van der Waals surface area (Å²) in [7, 11) is -1.08. The number of hydrogen-bond acceptors (Lipinski definition) is 4. The Bertz CT molecular complexity index is 851. The second-order valence-electron chi connectivity index (χ2n) is 6.61. The zero-order valence-electron chi connectivity index (χ0n) is 18.8. The lowest BCUT2D eigenvalue weighted by molar-refractivity contribution is 0.327. The number of rotatable bonds is 11. The highest BCUT2D eigenvalue weighted by molar-refractivity contribution is 7.80. The van der Waals surface area contributed by atoms with Crippen LogP contribution in [0.3, 0.4) is 0 Å². The van der Waals surface area contributed by atoms with Crippen molar-refractivity contribution in [1.82, 2.24) is 0 Å². The topological polar surface area (TPSA) is 36.9 Å². The van der Waals surface area contributed by atoms with Crippen LogP contribution in [-0.4, -0.2) is 26.4 Å². The Morgan fingerprint density at radius 3 is 1.16 bits per heavy atom. The van der Waals surface area contributed by atoms with Gasteiger partial charge < -0.3 is 18.9 Å². The van der Waals surface area contributed by atoms with Crippen molar-refractivity contribution in [2.24, 2.45) is 0 Å². The highest BCUT2D eigenvalue weighted by Gasteiger charge is 2.30. The molecule has 0 saturated heterocycles. The molecule has 0 heterocycles. The Balaban J connectivity index is 2.36. The standard InChI is InChI=1S/C26H31O4P/c1-5-27-21-16-12-17-22(28-6-2)25(21)31(20-14-10-9-11-15-20)26-23(29-7-3)18-13-19-24(26)30-8-4/h9-19H,5-8H2,1-4H3. The second kappa shape index (κ2) is 11.6. The van der Waals surface area contributed by atoms with Gasteiger partial charge in [-0.05, 0) is 57.3 Å². The van der Waals surface area contributed by atoms with Crippen LogP contribution in [0.5, 0.6) is 23.0 Å². The Labute approximate surface area is 186 Å². The summed E-state index contributed by atoms with van der Waals surface area (Å²) in [6.07, 6.45) is 0. The first-order valence-corrected chi connectivity index (χ1v) is 12.2. The van der Waals surface area contributed by atoms with Gasteiger partial charge in [0.25, 0.3) is 0 Å². The lowest BCUT2D eigenvalue weighted by Crippen LogP contribution is -2.26. The first kappa shape index (κ1) is 23.0. The van der Waals surface area contributed by atoms with Gasteiger partial charge in [0.2, 0.25) is 0 Å². The number of ether oxygens (including phenoxy) is 4. The predicted molar refractivity (Wildman–Crippen MR) is 130 cm³/mol. The summed E-state index contributed by atoms with van der Waals surface area (Å²) in [5.41, 5.74) is 0. The SMILES string of the molecule is CCOc1cccc(OCC)c1P(c1ccccc1)c1c(OCC)cccc1OCC. The quantitative estimate of drug-likeness (QED) is 0.393. The van der Waals surface area contributed by atoms with Crippen molar-refractivity contribution in [2.45, 2.75) is 27.7 Å². The predicted octanol–water partition coefficient (Wildman–Crippen LogP) is 5.04. The molecule has 0 spiro atoms. The third-order valence-electron chi connectivity index (χ3n) is 4.58. The van der Waals surface area contributed by atoms with E-state index in [1.165, 1.54) is 5.30 Å². The lowest BCUT2D eigenvalue weighted by atomic mass is 10.3. The highest BCUT2D eigenvalue weighted by atomic mass is 31.1. The molecule has 164 valence electrons. The maximum absolute atomic E-state index is 6.10. The Morgan fingerprint density at radius 1 is 0.484 bits per heavy atom. The first-order valence-electron chi connectivity index (χ1n) is 10.9. The largest absolute Gasteiger partial charge is 0.493 e. The molecule has 0 radical (unpaired) electrons. The second-order valence-corrected chi connectivity index (χ2v) is 8.69. The molecule has 0 unspecified atom stereocenters. The maximum atomic E-state index is 6.10. The molecule has 0 N–H and O–H groups in total. The lowest BCUT2D eigenvalue weighted by Gasteiger charge is -2.27. The van der Waals surface area contributed by atoms with Gasteiger partial charge in [0.05, 0.1) is 37.0 Å². The molecule has 0 aliphatic rings. The number of hydrogen-bond donors (Lipinski definition) is 0. The van der Waals surface area contributed by atoms with Crippen molar-refractivity contribution < 1.29 is 18.9 Å². The van der Waals surface area contributed by atoms with Crippen LogP contribution in [0.25, 0.3) is 0 Å². The summed E-state index contributed by atoms with van der Waals surface area (Å²) in [5.74, 6) is 3.32. The van der Waals surface area contributed by atoms with Crippen LogP contribution in [0, 0.1) is 0 Å². The van der Waals surface area contributed by atoms with Crippen molar-refractivity contribution in [2.75, 3.05) is 26.4 Å². The molecule has 5 heteroatoms. The molecule has 0 aliphatic carbocycles. The minimum atomic E-state index is -1.08. The van der Waals surface area contributed by atoms with E-state index in [-0.39, 0.29) is 0 Å². The Kier molecular flexibility index (Phi) is 8.61. The molecule has 0 atom stereocenters.